The maximum atomic E-state index is 14.1. The summed E-state index contributed by atoms with van der Waals surface area (Å²) in [5, 5.41) is 7.91. The number of Topliss-reactive ketones (excluding diaryl/α,β-unsaturated/α-hetero) is 1. The predicted molar refractivity (Wildman–Crippen MR) is 167 cm³/mol. The zero-order chi connectivity index (χ0) is 30.7. The van der Waals surface area contributed by atoms with Gasteiger partial charge in [-0.3, -0.25) is 19.7 Å². The number of hydrogen-bond donors (Lipinski definition) is 2. The number of fused-ring (bicyclic) bond motifs is 1. The van der Waals surface area contributed by atoms with Gasteiger partial charge in [-0.1, -0.05) is 51.1 Å². The van der Waals surface area contributed by atoms with Crippen LogP contribution in [0.5, 0.6) is 0 Å². The number of benzene rings is 2. The number of para-hydroxylation sites is 3. The third-order valence-corrected chi connectivity index (χ3v) is 7.50. The number of ketones is 1. The summed E-state index contributed by atoms with van der Waals surface area (Å²) in [6, 6.07) is 17.2. The lowest BCUT2D eigenvalue weighted by molar-refractivity contribution is -0.153. The molecular formula is C32H38N4O5S. The fourth-order valence-corrected chi connectivity index (χ4v) is 5.32. The van der Waals surface area contributed by atoms with E-state index in [4.69, 9.17) is 4.74 Å². The Hall–Kier alpha value is -4.18. The fraction of sp³-hybridized carbons (Fsp3) is 0.375. The maximum absolute atomic E-state index is 14.1. The van der Waals surface area contributed by atoms with Crippen molar-refractivity contribution >= 4 is 57.1 Å². The number of thiophene rings is 1. The second-order valence-corrected chi connectivity index (χ2v) is 13.1. The largest absolute Gasteiger partial charge is 0.460 e. The summed E-state index contributed by atoms with van der Waals surface area (Å²) in [5.41, 5.74) is 1.51. The fourth-order valence-electron chi connectivity index (χ4n) is 4.51. The molecule has 1 unspecified atom stereocenters. The van der Waals surface area contributed by atoms with Gasteiger partial charge in [-0.2, -0.15) is 0 Å². The normalized spacial score (nSPS) is 15.5. The molecule has 0 radical (unpaired) electrons. The van der Waals surface area contributed by atoms with Gasteiger partial charge >= 0.3 is 12.0 Å². The van der Waals surface area contributed by atoms with Gasteiger partial charge in [0.2, 0.25) is 0 Å². The van der Waals surface area contributed by atoms with Crippen molar-refractivity contribution in [3.63, 3.8) is 0 Å². The van der Waals surface area contributed by atoms with E-state index in [1.165, 1.54) is 16.2 Å². The van der Waals surface area contributed by atoms with Gasteiger partial charge in [-0.15, -0.1) is 11.3 Å². The van der Waals surface area contributed by atoms with E-state index >= 15 is 0 Å². The summed E-state index contributed by atoms with van der Waals surface area (Å²) in [6.07, 6.45) is -0.00146. The highest BCUT2D eigenvalue weighted by Crippen LogP contribution is 2.37. The van der Waals surface area contributed by atoms with Gasteiger partial charge in [0.1, 0.15) is 16.6 Å². The molecule has 0 spiro atoms. The standard InChI is InChI=1S/C32H38N4O5S/c1-31(2,3)26(37)20-36-25-15-11-10-14-24(25)35(22-12-8-7-9-13-22)19-23(29(36)39)33-30(40)34-28-21(16-17-42-28)18-27(38)41-32(4,5)6/h7-17,23H,18-20H2,1-6H3,(H2,33,34,40). The van der Waals surface area contributed by atoms with Crippen LogP contribution in [0.2, 0.25) is 0 Å². The van der Waals surface area contributed by atoms with Gasteiger partial charge in [0, 0.05) is 11.1 Å². The smallest absolute Gasteiger partial charge is 0.320 e. The van der Waals surface area contributed by atoms with Gasteiger partial charge in [0.05, 0.1) is 30.9 Å². The van der Waals surface area contributed by atoms with Gasteiger partial charge in [0.15, 0.2) is 5.78 Å². The Morgan fingerprint density at radius 2 is 1.57 bits per heavy atom. The highest BCUT2D eigenvalue weighted by Gasteiger charge is 2.37. The van der Waals surface area contributed by atoms with Crippen LogP contribution in [0.3, 0.4) is 0 Å². The third-order valence-electron chi connectivity index (χ3n) is 6.63. The first-order valence-corrected chi connectivity index (χ1v) is 14.7. The summed E-state index contributed by atoms with van der Waals surface area (Å²) in [6.45, 7) is 10.9. The Bertz CT molecular complexity index is 1460. The molecule has 0 bridgehead atoms. The summed E-state index contributed by atoms with van der Waals surface area (Å²) < 4.78 is 5.43. The van der Waals surface area contributed by atoms with Crippen LogP contribution >= 0.6 is 11.3 Å². The average molecular weight is 591 g/mol. The first-order valence-electron chi connectivity index (χ1n) is 13.8. The monoisotopic (exact) mass is 590 g/mol. The number of rotatable bonds is 7. The highest BCUT2D eigenvalue weighted by atomic mass is 32.1. The van der Waals surface area contributed by atoms with Crippen molar-refractivity contribution in [2.75, 3.05) is 28.2 Å². The van der Waals surface area contributed by atoms with Crippen LogP contribution in [0.1, 0.15) is 47.1 Å². The number of nitrogens with zero attached hydrogens (tertiary/aromatic N) is 2. The molecule has 1 atom stereocenters. The van der Waals surface area contributed by atoms with Gasteiger partial charge in [0.25, 0.3) is 5.91 Å². The minimum Gasteiger partial charge on any atom is -0.460 e. The van der Waals surface area contributed by atoms with Crippen molar-refractivity contribution in [3.8, 4) is 0 Å². The number of nitrogens with one attached hydrogen (secondary N) is 2. The second-order valence-electron chi connectivity index (χ2n) is 12.2. The van der Waals surface area contributed by atoms with E-state index < -0.39 is 35.0 Å². The molecule has 0 aliphatic carbocycles. The minimum absolute atomic E-state index is 0.00146. The van der Waals surface area contributed by atoms with Crippen LogP contribution in [-0.2, 0) is 25.5 Å². The van der Waals surface area contributed by atoms with Crippen molar-refractivity contribution in [2.24, 2.45) is 5.41 Å². The molecule has 3 aromatic rings. The molecule has 2 N–H and O–H groups in total. The zero-order valence-corrected chi connectivity index (χ0v) is 25.7. The summed E-state index contributed by atoms with van der Waals surface area (Å²) in [7, 11) is 0. The number of carbonyl (C=O) groups excluding carboxylic acids is 4. The lowest BCUT2D eigenvalue weighted by Crippen LogP contribution is -2.54. The van der Waals surface area contributed by atoms with Crippen LogP contribution in [0.25, 0.3) is 0 Å². The Kier molecular flexibility index (Phi) is 9.06. The number of carbonyl (C=O) groups is 4. The zero-order valence-electron chi connectivity index (χ0n) is 24.9. The molecule has 10 heteroatoms. The van der Waals surface area contributed by atoms with Gasteiger partial charge in [-0.05, 0) is 62.0 Å². The summed E-state index contributed by atoms with van der Waals surface area (Å²) in [5.74, 6) is -0.903. The molecule has 1 aromatic heterocycles. The van der Waals surface area contributed by atoms with Crippen LogP contribution in [-0.4, -0.2) is 48.4 Å². The number of urea groups is 1. The van der Waals surface area contributed by atoms with E-state index in [0.717, 1.165) is 11.4 Å². The maximum Gasteiger partial charge on any atom is 0.320 e. The van der Waals surface area contributed by atoms with Crippen molar-refractivity contribution < 1.29 is 23.9 Å². The number of anilines is 4. The third kappa shape index (κ3) is 7.55. The quantitative estimate of drug-likeness (QED) is 0.331. The summed E-state index contributed by atoms with van der Waals surface area (Å²) >= 11 is 1.27. The SMILES string of the molecule is CC(C)(C)OC(=O)Cc1ccsc1NC(=O)NC1CN(c2ccccc2)c2ccccc2N(CC(=O)C(C)(C)C)C1=O. The number of hydrogen-bond acceptors (Lipinski definition) is 7. The first kappa shape index (κ1) is 30.8. The molecule has 3 amide bonds. The molecule has 4 rings (SSSR count). The average Bonchev–Trinajstić information content (AvgIpc) is 3.29. The van der Waals surface area contributed by atoms with E-state index in [0.29, 0.717) is 16.3 Å². The van der Waals surface area contributed by atoms with Crippen molar-refractivity contribution in [2.45, 2.75) is 59.6 Å². The van der Waals surface area contributed by atoms with Gasteiger partial charge in [-0.25, -0.2) is 4.79 Å². The molecule has 2 aromatic carbocycles. The first-order chi connectivity index (χ1) is 19.7. The molecule has 1 aliphatic heterocycles. The topological polar surface area (TPSA) is 108 Å². The molecule has 2 heterocycles. The van der Waals surface area contributed by atoms with Crippen LogP contribution in [0.4, 0.5) is 26.9 Å². The molecule has 42 heavy (non-hydrogen) atoms. The van der Waals surface area contributed by atoms with E-state index in [1.807, 2.05) is 80.3 Å². The van der Waals surface area contributed by atoms with Crippen molar-refractivity contribution in [1.82, 2.24) is 5.32 Å². The molecule has 1 aliphatic rings. The Morgan fingerprint density at radius 3 is 2.21 bits per heavy atom. The van der Waals surface area contributed by atoms with Crippen molar-refractivity contribution in [1.29, 1.82) is 0 Å². The molecule has 222 valence electrons. The summed E-state index contributed by atoms with van der Waals surface area (Å²) in [4.78, 5) is 56.4. The molecule has 0 fully saturated rings. The van der Waals surface area contributed by atoms with Crippen LogP contribution in [0, 0.1) is 5.41 Å². The molecular weight excluding hydrogens is 552 g/mol. The number of amides is 3. The van der Waals surface area contributed by atoms with E-state index in [2.05, 4.69) is 10.6 Å². The van der Waals surface area contributed by atoms with Crippen LogP contribution in [0.15, 0.2) is 66.0 Å². The lowest BCUT2D eigenvalue weighted by atomic mass is 9.90. The number of esters is 1. The number of ether oxygens (including phenoxy) is 1. The lowest BCUT2D eigenvalue weighted by Gasteiger charge is -2.28. The van der Waals surface area contributed by atoms with E-state index in [1.54, 1.807) is 32.2 Å². The van der Waals surface area contributed by atoms with Gasteiger partial charge < -0.3 is 19.9 Å². The Labute approximate surface area is 250 Å². The van der Waals surface area contributed by atoms with E-state index in [9.17, 15) is 19.2 Å². The second kappa shape index (κ2) is 12.4. The molecule has 9 nitrogen and oxygen atoms in total. The predicted octanol–water partition coefficient (Wildman–Crippen LogP) is 5.92. The molecule has 0 saturated heterocycles. The van der Waals surface area contributed by atoms with Crippen molar-refractivity contribution in [3.05, 3.63) is 71.6 Å². The molecule has 0 saturated carbocycles. The Morgan fingerprint density at radius 1 is 0.929 bits per heavy atom. The Balaban J connectivity index is 1.62. The highest BCUT2D eigenvalue weighted by molar-refractivity contribution is 7.14. The van der Waals surface area contributed by atoms with E-state index in [-0.39, 0.29) is 25.3 Å². The van der Waals surface area contributed by atoms with Crippen LogP contribution < -0.4 is 20.4 Å². The minimum atomic E-state index is -0.986.